The molecule has 1 aromatic rings. The molecule has 0 aromatic carbocycles. The first kappa shape index (κ1) is 14.0. The number of carboxylic acid groups (broad SMARTS) is 1. The van der Waals surface area contributed by atoms with Crippen molar-refractivity contribution in [2.45, 2.75) is 38.3 Å². The number of rotatable bonds is 4. The van der Waals surface area contributed by atoms with Gasteiger partial charge in [0.25, 0.3) is 0 Å². The molecule has 104 valence electrons. The molecular weight excluding hydrogens is 264 g/mol. The lowest BCUT2D eigenvalue weighted by molar-refractivity contribution is -0.151. The Kier molecular flexibility index (Phi) is 4.21. The lowest BCUT2D eigenvalue weighted by atomic mass is 9.99. The van der Waals surface area contributed by atoms with Crippen molar-refractivity contribution in [2.75, 3.05) is 6.54 Å². The van der Waals surface area contributed by atoms with Gasteiger partial charge in [0.05, 0.1) is 0 Å². The van der Waals surface area contributed by atoms with Crippen LogP contribution in [0.25, 0.3) is 0 Å². The molecule has 0 bridgehead atoms. The van der Waals surface area contributed by atoms with Gasteiger partial charge in [0.1, 0.15) is 0 Å². The number of hydrogen-bond donors (Lipinski definition) is 2. The maximum absolute atomic E-state index is 12.2. The van der Waals surface area contributed by atoms with E-state index in [1.165, 1.54) is 4.90 Å². The number of carbonyl (C=O) groups is 2. The van der Waals surface area contributed by atoms with E-state index < -0.39 is 12.0 Å². The van der Waals surface area contributed by atoms with E-state index in [-0.39, 0.29) is 11.9 Å². The first-order valence-corrected chi connectivity index (χ1v) is 7.22. The molecule has 19 heavy (non-hydrogen) atoms. The Hall–Kier alpha value is -1.40. The molecule has 1 amide bonds. The summed E-state index contributed by atoms with van der Waals surface area (Å²) in [6.07, 6.45) is 1.62. The SMILES string of the molecule is CC(N)CCC(=O)N1CCc2sccc2C1C(=O)O. The van der Waals surface area contributed by atoms with E-state index in [2.05, 4.69) is 0 Å². The summed E-state index contributed by atoms with van der Waals surface area (Å²) in [6.45, 7) is 2.32. The highest BCUT2D eigenvalue weighted by molar-refractivity contribution is 7.10. The van der Waals surface area contributed by atoms with E-state index in [4.69, 9.17) is 5.73 Å². The standard InChI is InChI=1S/C13H18N2O3S/c1-8(14)2-3-11(16)15-6-4-10-9(5-7-19-10)12(15)13(17)18/h5,7-8,12H,2-4,6,14H2,1H3,(H,17,18). The van der Waals surface area contributed by atoms with E-state index >= 15 is 0 Å². The van der Waals surface area contributed by atoms with Gasteiger partial charge >= 0.3 is 5.97 Å². The van der Waals surface area contributed by atoms with Gasteiger partial charge in [0.15, 0.2) is 6.04 Å². The minimum absolute atomic E-state index is 0.0475. The first-order chi connectivity index (χ1) is 9.00. The third-order valence-corrected chi connectivity index (χ3v) is 4.33. The number of aliphatic carboxylic acids is 1. The molecule has 0 saturated carbocycles. The van der Waals surface area contributed by atoms with Crippen LogP contribution in [-0.2, 0) is 16.0 Å². The zero-order chi connectivity index (χ0) is 14.0. The summed E-state index contributed by atoms with van der Waals surface area (Å²) in [4.78, 5) is 26.2. The molecule has 1 aliphatic heterocycles. The number of nitrogens with two attached hydrogens (primary N) is 1. The molecule has 0 aliphatic carbocycles. The fourth-order valence-electron chi connectivity index (χ4n) is 2.35. The molecule has 2 heterocycles. The number of amides is 1. The van der Waals surface area contributed by atoms with Crippen LogP contribution < -0.4 is 5.73 Å². The van der Waals surface area contributed by atoms with E-state index in [1.54, 1.807) is 11.3 Å². The molecule has 2 unspecified atom stereocenters. The van der Waals surface area contributed by atoms with Crippen molar-refractivity contribution in [3.05, 3.63) is 21.9 Å². The van der Waals surface area contributed by atoms with Crippen LogP contribution in [0, 0.1) is 0 Å². The van der Waals surface area contributed by atoms with Gasteiger partial charge in [-0.3, -0.25) is 4.79 Å². The van der Waals surface area contributed by atoms with Crippen LogP contribution in [0.15, 0.2) is 11.4 Å². The summed E-state index contributed by atoms with van der Waals surface area (Å²) in [6, 6.07) is 0.924. The summed E-state index contributed by atoms with van der Waals surface area (Å²) in [5.74, 6) is -1.09. The summed E-state index contributed by atoms with van der Waals surface area (Å²) in [5.41, 5.74) is 6.40. The lowest BCUT2D eigenvalue weighted by Crippen LogP contribution is -2.43. The Morgan fingerprint density at radius 1 is 1.63 bits per heavy atom. The number of carboxylic acids is 1. The summed E-state index contributed by atoms with van der Waals surface area (Å²) in [7, 11) is 0. The van der Waals surface area contributed by atoms with Gasteiger partial charge < -0.3 is 15.7 Å². The number of hydrogen-bond acceptors (Lipinski definition) is 4. The monoisotopic (exact) mass is 282 g/mol. The smallest absolute Gasteiger partial charge is 0.331 e. The maximum atomic E-state index is 12.2. The fraction of sp³-hybridized carbons (Fsp3) is 0.538. The Bertz CT molecular complexity index is 484. The second kappa shape index (κ2) is 5.71. The molecule has 0 spiro atoms. The van der Waals surface area contributed by atoms with Crippen LogP contribution in [0.1, 0.15) is 36.2 Å². The average molecular weight is 282 g/mol. The average Bonchev–Trinajstić information content (AvgIpc) is 2.82. The number of carbonyl (C=O) groups excluding carboxylic acids is 1. The molecular formula is C13H18N2O3S. The summed E-state index contributed by atoms with van der Waals surface area (Å²) in [5, 5.41) is 11.3. The molecule has 1 aromatic heterocycles. The first-order valence-electron chi connectivity index (χ1n) is 6.35. The van der Waals surface area contributed by atoms with Gasteiger partial charge in [-0.05, 0) is 36.8 Å². The van der Waals surface area contributed by atoms with Crippen molar-refractivity contribution in [2.24, 2.45) is 5.73 Å². The Morgan fingerprint density at radius 2 is 2.37 bits per heavy atom. The normalized spacial score (nSPS) is 19.9. The van der Waals surface area contributed by atoms with Crippen molar-refractivity contribution < 1.29 is 14.7 Å². The number of fused-ring (bicyclic) bond motifs is 1. The highest BCUT2D eigenvalue weighted by Crippen LogP contribution is 2.33. The van der Waals surface area contributed by atoms with Gasteiger partial charge in [-0.1, -0.05) is 0 Å². The van der Waals surface area contributed by atoms with E-state index in [0.29, 0.717) is 19.4 Å². The van der Waals surface area contributed by atoms with Crippen molar-refractivity contribution in [3.8, 4) is 0 Å². The Labute approximate surface area is 116 Å². The second-order valence-corrected chi connectivity index (χ2v) is 5.89. The van der Waals surface area contributed by atoms with Crippen molar-refractivity contribution >= 4 is 23.2 Å². The van der Waals surface area contributed by atoms with Crippen molar-refractivity contribution in [1.29, 1.82) is 0 Å². The predicted octanol–water partition coefficient (Wildman–Crippen LogP) is 1.39. The van der Waals surface area contributed by atoms with Gasteiger partial charge in [0, 0.05) is 23.9 Å². The molecule has 2 atom stereocenters. The zero-order valence-electron chi connectivity index (χ0n) is 10.8. The number of nitrogens with zero attached hydrogens (tertiary/aromatic N) is 1. The molecule has 0 saturated heterocycles. The molecule has 0 radical (unpaired) electrons. The maximum Gasteiger partial charge on any atom is 0.331 e. The highest BCUT2D eigenvalue weighted by Gasteiger charge is 2.36. The van der Waals surface area contributed by atoms with Gasteiger partial charge in [-0.15, -0.1) is 11.3 Å². The molecule has 6 heteroatoms. The van der Waals surface area contributed by atoms with Gasteiger partial charge in [-0.25, -0.2) is 4.79 Å². The zero-order valence-corrected chi connectivity index (χ0v) is 11.7. The van der Waals surface area contributed by atoms with Crippen LogP contribution in [0.5, 0.6) is 0 Å². The minimum Gasteiger partial charge on any atom is -0.479 e. The van der Waals surface area contributed by atoms with Crippen molar-refractivity contribution in [3.63, 3.8) is 0 Å². The van der Waals surface area contributed by atoms with Crippen LogP contribution >= 0.6 is 11.3 Å². The quantitative estimate of drug-likeness (QED) is 0.874. The fourth-order valence-corrected chi connectivity index (χ4v) is 3.25. The molecule has 5 nitrogen and oxygen atoms in total. The molecule has 2 rings (SSSR count). The second-order valence-electron chi connectivity index (χ2n) is 4.89. The Morgan fingerprint density at radius 3 is 3.00 bits per heavy atom. The van der Waals surface area contributed by atoms with Crippen LogP contribution in [0.3, 0.4) is 0 Å². The van der Waals surface area contributed by atoms with Crippen molar-refractivity contribution in [1.82, 2.24) is 4.90 Å². The predicted molar refractivity (Wildman–Crippen MR) is 73.0 cm³/mol. The van der Waals surface area contributed by atoms with Gasteiger partial charge in [0.2, 0.25) is 5.91 Å². The van der Waals surface area contributed by atoms with Crippen LogP contribution in [-0.4, -0.2) is 34.5 Å². The Balaban J connectivity index is 2.17. The third-order valence-electron chi connectivity index (χ3n) is 3.33. The van der Waals surface area contributed by atoms with E-state index in [9.17, 15) is 14.7 Å². The summed E-state index contributed by atoms with van der Waals surface area (Å²) < 4.78 is 0. The minimum atomic E-state index is -0.964. The van der Waals surface area contributed by atoms with Crippen LogP contribution in [0.4, 0.5) is 0 Å². The van der Waals surface area contributed by atoms with Crippen LogP contribution in [0.2, 0.25) is 0 Å². The summed E-state index contributed by atoms with van der Waals surface area (Å²) >= 11 is 1.56. The largest absolute Gasteiger partial charge is 0.479 e. The molecule has 0 fully saturated rings. The molecule has 1 aliphatic rings. The van der Waals surface area contributed by atoms with E-state index in [1.807, 2.05) is 18.4 Å². The highest BCUT2D eigenvalue weighted by atomic mass is 32.1. The molecule has 3 N–H and O–H groups in total. The van der Waals surface area contributed by atoms with Gasteiger partial charge in [-0.2, -0.15) is 0 Å². The third kappa shape index (κ3) is 2.96. The van der Waals surface area contributed by atoms with E-state index in [0.717, 1.165) is 16.9 Å². The number of thiophene rings is 1. The topological polar surface area (TPSA) is 83.6 Å². The lowest BCUT2D eigenvalue weighted by Gasteiger charge is -2.33.